The monoisotopic (exact) mass is 438 g/mol. The highest BCUT2D eigenvalue weighted by atomic mass is 16.7. The Morgan fingerprint density at radius 2 is 1.65 bits per heavy atom. The molecular weight excluding hydrogens is 404 g/mol. The normalized spacial score (nSPS) is 36.3. The van der Waals surface area contributed by atoms with Gasteiger partial charge in [-0.25, -0.2) is 0 Å². The van der Waals surface area contributed by atoms with Gasteiger partial charge in [-0.05, 0) is 41.7 Å². The van der Waals surface area contributed by atoms with E-state index in [2.05, 4.69) is 0 Å². The highest BCUT2D eigenvalue weighted by molar-refractivity contribution is 5.86. The molecule has 3 aliphatic rings. The molecule has 31 heavy (non-hydrogen) atoms. The van der Waals surface area contributed by atoms with Crippen LogP contribution in [0, 0.1) is 35.0 Å². The van der Waals surface area contributed by atoms with Gasteiger partial charge in [-0.3, -0.25) is 14.4 Å². The molecule has 1 aliphatic heterocycles. The van der Waals surface area contributed by atoms with Crippen LogP contribution in [-0.2, 0) is 38.1 Å². The quantitative estimate of drug-likeness (QED) is 0.367. The Labute approximate surface area is 183 Å². The van der Waals surface area contributed by atoms with Gasteiger partial charge in [0.1, 0.15) is 0 Å². The molecule has 0 aromatic heterocycles. The van der Waals surface area contributed by atoms with Gasteiger partial charge in [0, 0.05) is 13.0 Å². The zero-order chi connectivity index (χ0) is 23.1. The second-order valence-corrected chi connectivity index (χ2v) is 9.28. The number of rotatable bonds is 5. The zero-order valence-electron chi connectivity index (χ0n) is 19.4. The molecule has 0 spiro atoms. The lowest BCUT2D eigenvalue weighted by molar-refractivity contribution is -0.215. The maximum Gasteiger partial charge on any atom is 0.313 e. The fraction of sp³-hybridized carbons (Fsp3) is 0.783. The van der Waals surface area contributed by atoms with E-state index in [1.807, 2.05) is 27.7 Å². The van der Waals surface area contributed by atoms with Crippen molar-refractivity contribution in [3.05, 3.63) is 11.1 Å². The topological polar surface area (TPSA) is 97.4 Å². The first-order valence-electron chi connectivity index (χ1n) is 10.9. The number of carbonyl (C=O) groups excluding carboxylic acids is 3. The van der Waals surface area contributed by atoms with Crippen molar-refractivity contribution in [2.24, 2.45) is 35.0 Å². The van der Waals surface area contributed by atoms with Crippen molar-refractivity contribution in [3.63, 3.8) is 0 Å². The average Bonchev–Trinajstić information content (AvgIpc) is 2.75. The van der Waals surface area contributed by atoms with Gasteiger partial charge in [-0.2, -0.15) is 0 Å². The van der Waals surface area contributed by atoms with E-state index in [4.69, 9.17) is 23.7 Å². The van der Waals surface area contributed by atoms with Crippen LogP contribution in [0.3, 0.4) is 0 Å². The van der Waals surface area contributed by atoms with Crippen LogP contribution in [-0.4, -0.2) is 58.2 Å². The van der Waals surface area contributed by atoms with E-state index in [9.17, 15) is 14.4 Å². The number of esters is 3. The van der Waals surface area contributed by atoms with E-state index in [0.29, 0.717) is 19.4 Å². The predicted octanol–water partition coefficient (Wildman–Crippen LogP) is 2.50. The molecule has 1 fully saturated rings. The van der Waals surface area contributed by atoms with Gasteiger partial charge in [-0.15, -0.1) is 0 Å². The van der Waals surface area contributed by atoms with E-state index < -0.39 is 47.5 Å². The molecule has 0 aromatic carbocycles. The molecule has 8 nitrogen and oxygen atoms in total. The molecule has 3 rings (SSSR count). The molecule has 2 aliphatic carbocycles. The lowest BCUT2D eigenvalue weighted by atomic mass is 9.52. The summed E-state index contributed by atoms with van der Waals surface area (Å²) in [6.07, 6.45) is -0.118. The van der Waals surface area contributed by atoms with Crippen molar-refractivity contribution in [2.75, 3.05) is 27.9 Å². The average molecular weight is 439 g/mol. The third-order valence-electron chi connectivity index (χ3n) is 7.24. The van der Waals surface area contributed by atoms with Crippen LogP contribution < -0.4 is 0 Å². The minimum absolute atomic E-state index is 0.0953. The van der Waals surface area contributed by atoms with Crippen LogP contribution in [0.1, 0.15) is 40.5 Å². The summed E-state index contributed by atoms with van der Waals surface area (Å²) in [7, 11) is 4.03. The number of methoxy groups -OCH3 is 3. The maximum atomic E-state index is 13.0. The van der Waals surface area contributed by atoms with Crippen LogP contribution >= 0.6 is 0 Å². The second kappa shape index (κ2) is 8.90. The summed E-state index contributed by atoms with van der Waals surface area (Å²) >= 11 is 0. The lowest BCUT2D eigenvalue weighted by Gasteiger charge is -2.55. The fourth-order valence-corrected chi connectivity index (χ4v) is 6.02. The van der Waals surface area contributed by atoms with Crippen LogP contribution in [0.4, 0.5) is 0 Å². The molecule has 0 amide bonds. The van der Waals surface area contributed by atoms with E-state index in [-0.39, 0.29) is 17.8 Å². The summed E-state index contributed by atoms with van der Waals surface area (Å²) in [6, 6.07) is 0. The largest absolute Gasteiger partial charge is 0.469 e. The Bertz CT molecular complexity index is 770. The van der Waals surface area contributed by atoms with Gasteiger partial charge in [0.25, 0.3) is 0 Å². The highest BCUT2D eigenvalue weighted by Crippen LogP contribution is 2.59. The van der Waals surface area contributed by atoms with Crippen LogP contribution in [0.5, 0.6) is 0 Å². The van der Waals surface area contributed by atoms with Gasteiger partial charge in [0.05, 0.1) is 45.2 Å². The molecule has 1 unspecified atom stereocenters. The number of hydrogen-bond donors (Lipinski definition) is 0. The van der Waals surface area contributed by atoms with Crippen molar-refractivity contribution in [3.8, 4) is 0 Å². The van der Waals surface area contributed by atoms with Gasteiger partial charge in [0.2, 0.25) is 0 Å². The predicted molar refractivity (Wildman–Crippen MR) is 110 cm³/mol. The van der Waals surface area contributed by atoms with Crippen molar-refractivity contribution in [1.82, 2.24) is 0 Å². The SMILES string of the molecule is CCO[C@H]1C[C@@H]2C3=C([C@H](C(=O)OC)[C@@H](C(=O)OC)[C@H]2C)C(C)(C)CC(C(=O)OC)[C@H]3O1. The first-order chi connectivity index (χ1) is 14.6. The van der Waals surface area contributed by atoms with Crippen LogP contribution in [0.25, 0.3) is 0 Å². The smallest absolute Gasteiger partial charge is 0.313 e. The first kappa shape index (κ1) is 23.7. The number of ether oxygens (including phenoxy) is 5. The summed E-state index contributed by atoms with van der Waals surface area (Å²) in [5, 5.41) is 0. The zero-order valence-corrected chi connectivity index (χ0v) is 19.4. The molecule has 0 radical (unpaired) electrons. The van der Waals surface area contributed by atoms with E-state index in [0.717, 1.165) is 11.1 Å². The molecule has 0 bridgehead atoms. The van der Waals surface area contributed by atoms with Crippen molar-refractivity contribution < 1.29 is 38.1 Å². The highest BCUT2D eigenvalue weighted by Gasteiger charge is 2.60. The summed E-state index contributed by atoms with van der Waals surface area (Å²) in [6.45, 7) is 8.29. The number of hydrogen-bond acceptors (Lipinski definition) is 8. The Morgan fingerprint density at radius 1 is 1.03 bits per heavy atom. The van der Waals surface area contributed by atoms with Crippen molar-refractivity contribution in [2.45, 2.75) is 52.9 Å². The third-order valence-corrected chi connectivity index (χ3v) is 7.24. The second-order valence-electron chi connectivity index (χ2n) is 9.28. The van der Waals surface area contributed by atoms with Gasteiger partial charge in [-0.1, -0.05) is 20.8 Å². The third kappa shape index (κ3) is 3.89. The van der Waals surface area contributed by atoms with Crippen molar-refractivity contribution >= 4 is 17.9 Å². The Kier molecular flexibility index (Phi) is 6.81. The molecule has 0 aromatic rings. The van der Waals surface area contributed by atoms with E-state index >= 15 is 0 Å². The van der Waals surface area contributed by atoms with Crippen LogP contribution in [0.15, 0.2) is 11.1 Å². The van der Waals surface area contributed by atoms with Gasteiger partial charge in [0.15, 0.2) is 6.29 Å². The van der Waals surface area contributed by atoms with Crippen LogP contribution in [0.2, 0.25) is 0 Å². The van der Waals surface area contributed by atoms with E-state index in [1.165, 1.54) is 21.3 Å². The Hall–Kier alpha value is -1.93. The minimum Gasteiger partial charge on any atom is -0.469 e. The number of carbonyl (C=O) groups is 3. The fourth-order valence-electron chi connectivity index (χ4n) is 6.02. The standard InChI is InChI=1S/C23H34O8/c1-8-30-14-9-12-11(2)15(21(25)28-6)17(22(26)29-7)18-16(12)19(31-14)13(20(24)27-5)10-23(18,3)4/h11-15,17,19H,8-10H2,1-7H3/t11-,12-,13?,14+,15-,17+,19+/m0/s1. The maximum absolute atomic E-state index is 13.0. The summed E-state index contributed by atoms with van der Waals surface area (Å²) in [4.78, 5) is 38.6. The molecule has 1 saturated heterocycles. The molecule has 8 heteroatoms. The molecule has 0 saturated carbocycles. The minimum atomic E-state index is -0.790. The Balaban J connectivity index is 2.25. The lowest BCUT2D eigenvalue weighted by Crippen LogP contribution is -2.57. The van der Waals surface area contributed by atoms with E-state index in [1.54, 1.807) is 0 Å². The van der Waals surface area contributed by atoms with Gasteiger partial charge < -0.3 is 23.7 Å². The molecule has 0 N–H and O–H groups in total. The molecule has 7 atom stereocenters. The van der Waals surface area contributed by atoms with Crippen molar-refractivity contribution in [1.29, 1.82) is 0 Å². The summed E-state index contributed by atoms with van der Waals surface area (Å²) in [5.41, 5.74) is 1.21. The summed E-state index contributed by atoms with van der Waals surface area (Å²) < 4.78 is 27.4. The molecule has 174 valence electrons. The Morgan fingerprint density at radius 3 is 2.19 bits per heavy atom. The molecule has 1 heterocycles. The molecular formula is C23H34O8. The van der Waals surface area contributed by atoms with Gasteiger partial charge >= 0.3 is 17.9 Å². The summed E-state index contributed by atoms with van der Waals surface area (Å²) in [5.74, 6) is -3.57. The first-order valence-corrected chi connectivity index (χ1v) is 10.9.